The molecule has 0 fully saturated rings. The van der Waals surface area contributed by atoms with E-state index in [0.29, 0.717) is 0 Å². The van der Waals surface area contributed by atoms with Crippen LogP contribution in [0.4, 0.5) is 11.4 Å². The smallest absolute Gasteiger partial charge is 0.112 e. The Kier molecular flexibility index (Phi) is 3.41. The van der Waals surface area contributed by atoms with E-state index in [0.717, 1.165) is 17.2 Å². The number of nitrogens with one attached hydrogen (secondary N) is 1. The average molecular weight is 233 g/mol. The molecule has 16 heavy (non-hydrogen) atoms. The zero-order valence-corrected chi connectivity index (χ0v) is 10.3. The fourth-order valence-electron chi connectivity index (χ4n) is 1.40. The van der Waals surface area contributed by atoms with Gasteiger partial charge in [0.05, 0.1) is 6.54 Å². The van der Waals surface area contributed by atoms with Crippen LogP contribution in [-0.4, -0.2) is 19.1 Å². The van der Waals surface area contributed by atoms with E-state index in [4.69, 9.17) is 0 Å². The van der Waals surface area contributed by atoms with Gasteiger partial charge in [-0.25, -0.2) is 4.98 Å². The largest absolute Gasteiger partial charge is 0.379 e. The van der Waals surface area contributed by atoms with Crippen LogP contribution in [0.1, 0.15) is 5.01 Å². The molecule has 1 heterocycles. The van der Waals surface area contributed by atoms with Crippen molar-refractivity contribution in [3.05, 3.63) is 40.8 Å². The summed E-state index contributed by atoms with van der Waals surface area (Å²) in [4.78, 5) is 6.31. The Morgan fingerprint density at radius 3 is 2.56 bits per heavy atom. The molecule has 84 valence electrons. The highest BCUT2D eigenvalue weighted by Gasteiger charge is 1.97. The molecule has 3 nitrogen and oxygen atoms in total. The predicted molar refractivity (Wildman–Crippen MR) is 70.2 cm³/mol. The number of hydrogen-bond acceptors (Lipinski definition) is 4. The Morgan fingerprint density at radius 1 is 1.25 bits per heavy atom. The summed E-state index contributed by atoms with van der Waals surface area (Å²) < 4.78 is 0. The number of hydrogen-bond donors (Lipinski definition) is 1. The highest BCUT2D eigenvalue weighted by atomic mass is 32.1. The summed E-state index contributed by atoms with van der Waals surface area (Å²) >= 11 is 1.67. The van der Waals surface area contributed by atoms with Crippen molar-refractivity contribution >= 4 is 22.7 Å². The van der Waals surface area contributed by atoms with Gasteiger partial charge in [0, 0.05) is 37.0 Å². The molecular formula is C12H15N3S. The third kappa shape index (κ3) is 2.73. The van der Waals surface area contributed by atoms with E-state index < -0.39 is 0 Å². The van der Waals surface area contributed by atoms with Crippen LogP contribution in [0.25, 0.3) is 0 Å². The minimum Gasteiger partial charge on any atom is -0.379 e. The minimum atomic E-state index is 0.791. The Labute approximate surface area is 99.8 Å². The molecule has 0 bridgehead atoms. The standard InChI is InChI=1S/C12H15N3S/c1-15(2)11-5-3-10(4-6-11)14-9-12-13-7-8-16-12/h3-8,14H,9H2,1-2H3. The molecule has 0 unspecified atom stereocenters. The van der Waals surface area contributed by atoms with Crippen molar-refractivity contribution in [2.75, 3.05) is 24.3 Å². The van der Waals surface area contributed by atoms with Gasteiger partial charge in [0.1, 0.15) is 5.01 Å². The third-order valence-electron chi connectivity index (χ3n) is 2.31. The quantitative estimate of drug-likeness (QED) is 0.880. The first-order chi connectivity index (χ1) is 7.75. The molecule has 2 aromatic rings. The van der Waals surface area contributed by atoms with Crippen molar-refractivity contribution in [3.63, 3.8) is 0 Å². The van der Waals surface area contributed by atoms with Crippen LogP contribution in [0.5, 0.6) is 0 Å². The molecule has 0 aliphatic rings. The maximum Gasteiger partial charge on any atom is 0.112 e. The molecule has 2 rings (SSSR count). The molecule has 0 saturated carbocycles. The summed E-state index contributed by atoms with van der Waals surface area (Å²) in [6, 6.07) is 8.38. The van der Waals surface area contributed by atoms with Gasteiger partial charge in [-0.15, -0.1) is 11.3 Å². The molecule has 1 aromatic carbocycles. The number of nitrogens with zero attached hydrogens (tertiary/aromatic N) is 2. The summed E-state index contributed by atoms with van der Waals surface area (Å²) in [6.07, 6.45) is 1.83. The fraction of sp³-hybridized carbons (Fsp3) is 0.250. The van der Waals surface area contributed by atoms with Crippen LogP contribution in [0.3, 0.4) is 0 Å². The second-order valence-electron chi connectivity index (χ2n) is 3.72. The van der Waals surface area contributed by atoms with E-state index in [-0.39, 0.29) is 0 Å². The fourth-order valence-corrected chi connectivity index (χ4v) is 1.95. The number of benzene rings is 1. The van der Waals surface area contributed by atoms with Gasteiger partial charge in [0.2, 0.25) is 0 Å². The Bertz CT molecular complexity index is 420. The first-order valence-corrected chi connectivity index (χ1v) is 6.03. The maximum atomic E-state index is 4.22. The Balaban J connectivity index is 1.95. The van der Waals surface area contributed by atoms with Gasteiger partial charge < -0.3 is 10.2 Å². The van der Waals surface area contributed by atoms with Gasteiger partial charge >= 0.3 is 0 Å². The Hall–Kier alpha value is -1.55. The van der Waals surface area contributed by atoms with Gasteiger partial charge in [-0.05, 0) is 24.3 Å². The molecule has 0 atom stereocenters. The molecule has 1 aromatic heterocycles. The van der Waals surface area contributed by atoms with Crippen molar-refractivity contribution in [1.29, 1.82) is 0 Å². The van der Waals surface area contributed by atoms with Crippen LogP contribution in [-0.2, 0) is 6.54 Å². The molecule has 0 aliphatic carbocycles. The first-order valence-electron chi connectivity index (χ1n) is 5.15. The zero-order valence-electron chi connectivity index (χ0n) is 9.47. The van der Waals surface area contributed by atoms with E-state index in [9.17, 15) is 0 Å². The lowest BCUT2D eigenvalue weighted by molar-refractivity contribution is 1.10. The van der Waals surface area contributed by atoms with Crippen molar-refractivity contribution in [1.82, 2.24) is 4.98 Å². The maximum absolute atomic E-state index is 4.22. The van der Waals surface area contributed by atoms with Crippen molar-refractivity contribution < 1.29 is 0 Å². The molecule has 0 spiro atoms. The summed E-state index contributed by atoms with van der Waals surface area (Å²) in [5.41, 5.74) is 2.33. The van der Waals surface area contributed by atoms with E-state index in [1.165, 1.54) is 5.69 Å². The second kappa shape index (κ2) is 4.99. The van der Waals surface area contributed by atoms with Crippen LogP contribution >= 0.6 is 11.3 Å². The number of aromatic nitrogens is 1. The first kappa shape index (κ1) is 11.0. The van der Waals surface area contributed by atoms with Gasteiger partial charge in [0.15, 0.2) is 0 Å². The van der Waals surface area contributed by atoms with Gasteiger partial charge in [0.25, 0.3) is 0 Å². The molecular weight excluding hydrogens is 218 g/mol. The molecule has 4 heteroatoms. The van der Waals surface area contributed by atoms with Crippen molar-refractivity contribution in [3.8, 4) is 0 Å². The SMILES string of the molecule is CN(C)c1ccc(NCc2nccs2)cc1. The summed E-state index contributed by atoms with van der Waals surface area (Å²) in [6.45, 7) is 0.791. The Morgan fingerprint density at radius 2 is 2.00 bits per heavy atom. The number of anilines is 2. The molecule has 0 radical (unpaired) electrons. The summed E-state index contributed by atoms with van der Waals surface area (Å²) in [7, 11) is 4.08. The molecule has 0 saturated heterocycles. The van der Waals surface area contributed by atoms with Crippen LogP contribution in [0.2, 0.25) is 0 Å². The van der Waals surface area contributed by atoms with Crippen LogP contribution < -0.4 is 10.2 Å². The van der Waals surface area contributed by atoms with Crippen molar-refractivity contribution in [2.45, 2.75) is 6.54 Å². The topological polar surface area (TPSA) is 28.2 Å². The zero-order chi connectivity index (χ0) is 11.4. The lowest BCUT2D eigenvalue weighted by Crippen LogP contribution is -2.08. The second-order valence-corrected chi connectivity index (χ2v) is 4.70. The predicted octanol–water partition coefficient (Wildman–Crippen LogP) is 2.82. The van der Waals surface area contributed by atoms with E-state index >= 15 is 0 Å². The van der Waals surface area contributed by atoms with E-state index in [2.05, 4.69) is 39.5 Å². The lowest BCUT2D eigenvalue weighted by atomic mass is 10.2. The van der Waals surface area contributed by atoms with Crippen LogP contribution in [0.15, 0.2) is 35.8 Å². The monoisotopic (exact) mass is 233 g/mol. The lowest BCUT2D eigenvalue weighted by Gasteiger charge is -2.13. The number of thiazole rings is 1. The van der Waals surface area contributed by atoms with Crippen LogP contribution in [0, 0.1) is 0 Å². The molecule has 1 N–H and O–H groups in total. The van der Waals surface area contributed by atoms with Crippen molar-refractivity contribution in [2.24, 2.45) is 0 Å². The number of rotatable bonds is 4. The highest BCUT2D eigenvalue weighted by Crippen LogP contribution is 2.16. The van der Waals surface area contributed by atoms with Gasteiger partial charge in [-0.2, -0.15) is 0 Å². The highest BCUT2D eigenvalue weighted by molar-refractivity contribution is 7.09. The van der Waals surface area contributed by atoms with Gasteiger partial charge in [-0.3, -0.25) is 0 Å². The summed E-state index contributed by atoms with van der Waals surface area (Å²) in [5, 5.41) is 6.44. The van der Waals surface area contributed by atoms with Gasteiger partial charge in [-0.1, -0.05) is 0 Å². The van der Waals surface area contributed by atoms with E-state index in [1.54, 1.807) is 11.3 Å². The average Bonchev–Trinajstić information content (AvgIpc) is 2.80. The minimum absolute atomic E-state index is 0.791. The summed E-state index contributed by atoms with van der Waals surface area (Å²) in [5.74, 6) is 0. The van der Waals surface area contributed by atoms with E-state index in [1.807, 2.05) is 25.7 Å². The third-order valence-corrected chi connectivity index (χ3v) is 3.09. The normalized spacial score (nSPS) is 10.1. The molecule has 0 amide bonds. The molecule has 0 aliphatic heterocycles.